The Kier molecular flexibility index (Phi) is 2.96. The third-order valence-electron chi connectivity index (χ3n) is 3.49. The second kappa shape index (κ2) is 4.63. The number of hydrogen-bond donors (Lipinski definition) is 2. The van der Waals surface area contributed by atoms with Gasteiger partial charge >= 0.3 is 0 Å². The van der Waals surface area contributed by atoms with Gasteiger partial charge in [0.1, 0.15) is 11.4 Å². The first-order valence-electron chi connectivity index (χ1n) is 6.16. The van der Waals surface area contributed by atoms with Gasteiger partial charge in [0.2, 0.25) is 0 Å². The summed E-state index contributed by atoms with van der Waals surface area (Å²) in [6.07, 6.45) is 1.59. The van der Waals surface area contributed by atoms with Gasteiger partial charge in [0.25, 0.3) is 5.89 Å². The molecule has 0 saturated carbocycles. The predicted octanol–water partition coefficient (Wildman–Crippen LogP) is -0.0398. The van der Waals surface area contributed by atoms with Gasteiger partial charge in [-0.15, -0.1) is 0 Å². The molecule has 0 aliphatic carbocycles. The van der Waals surface area contributed by atoms with Gasteiger partial charge in [0.15, 0.2) is 5.82 Å². The van der Waals surface area contributed by atoms with Crippen molar-refractivity contribution in [1.29, 1.82) is 0 Å². The standard InChI is InChI=1S/C11H17N7O/c1-17-3-4-18(2)8(6-17)10-14-11(19-16-10)7-5-13-15-9(7)12/h5,8H,3-4,6H2,1-2H3,(H3,12,13,15). The van der Waals surface area contributed by atoms with Crippen LogP contribution in [0.5, 0.6) is 0 Å². The molecule has 3 N–H and O–H groups in total. The monoisotopic (exact) mass is 263 g/mol. The van der Waals surface area contributed by atoms with Crippen LogP contribution >= 0.6 is 0 Å². The minimum atomic E-state index is 0.143. The van der Waals surface area contributed by atoms with Crippen molar-refractivity contribution in [2.75, 3.05) is 39.5 Å². The maximum atomic E-state index is 5.75. The molecule has 2 aromatic heterocycles. The molecule has 102 valence electrons. The zero-order valence-electron chi connectivity index (χ0n) is 11.0. The number of nitrogen functional groups attached to an aromatic ring is 1. The maximum Gasteiger partial charge on any atom is 0.263 e. The molecule has 3 rings (SSSR count). The number of nitrogens with zero attached hydrogens (tertiary/aromatic N) is 5. The highest BCUT2D eigenvalue weighted by molar-refractivity contribution is 5.65. The van der Waals surface area contributed by atoms with E-state index < -0.39 is 0 Å². The molecule has 1 unspecified atom stereocenters. The number of likely N-dealkylation sites (N-methyl/N-ethyl adjacent to an activating group) is 2. The molecular weight excluding hydrogens is 246 g/mol. The van der Waals surface area contributed by atoms with Crippen LogP contribution in [-0.4, -0.2) is 63.9 Å². The van der Waals surface area contributed by atoms with Gasteiger partial charge in [-0.2, -0.15) is 10.1 Å². The van der Waals surface area contributed by atoms with E-state index in [4.69, 9.17) is 10.3 Å². The smallest absolute Gasteiger partial charge is 0.263 e. The van der Waals surface area contributed by atoms with Crippen LogP contribution in [0, 0.1) is 0 Å². The fraction of sp³-hybridized carbons (Fsp3) is 0.545. The minimum absolute atomic E-state index is 0.143. The Hall–Kier alpha value is -1.93. The van der Waals surface area contributed by atoms with E-state index in [1.165, 1.54) is 0 Å². The Morgan fingerprint density at radius 2 is 2.26 bits per heavy atom. The predicted molar refractivity (Wildman–Crippen MR) is 69.2 cm³/mol. The van der Waals surface area contributed by atoms with E-state index in [1.807, 2.05) is 0 Å². The highest BCUT2D eigenvalue weighted by Gasteiger charge is 2.28. The number of nitrogens with two attached hydrogens (primary N) is 1. The second-order valence-electron chi connectivity index (χ2n) is 4.91. The van der Waals surface area contributed by atoms with E-state index >= 15 is 0 Å². The summed E-state index contributed by atoms with van der Waals surface area (Å²) in [6, 6.07) is 0.143. The SMILES string of the molecule is CN1CCN(C)C(c2noc(-c3cn[nH]c3N)n2)C1. The summed E-state index contributed by atoms with van der Waals surface area (Å²) in [5, 5.41) is 10.6. The average Bonchev–Trinajstić information content (AvgIpc) is 3.00. The van der Waals surface area contributed by atoms with Crippen molar-refractivity contribution in [3.63, 3.8) is 0 Å². The van der Waals surface area contributed by atoms with Crippen molar-refractivity contribution in [1.82, 2.24) is 30.1 Å². The quantitative estimate of drug-likeness (QED) is 0.784. The van der Waals surface area contributed by atoms with Crippen LogP contribution in [0.4, 0.5) is 5.82 Å². The average molecular weight is 263 g/mol. The van der Waals surface area contributed by atoms with Gasteiger partial charge < -0.3 is 15.2 Å². The molecular formula is C11H17N7O. The molecule has 8 nitrogen and oxygen atoms in total. The number of aromatic amines is 1. The van der Waals surface area contributed by atoms with Gasteiger partial charge in [0.05, 0.1) is 12.2 Å². The van der Waals surface area contributed by atoms with Gasteiger partial charge in [-0.1, -0.05) is 5.16 Å². The van der Waals surface area contributed by atoms with E-state index in [-0.39, 0.29) is 6.04 Å². The lowest BCUT2D eigenvalue weighted by molar-refractivity contribution is 0.108. The molecule has 1 atom stereocenters. The van der Waals surface area contributed by atoms with Gasteiger partial charge in [-0.25, -0.2) is 0 Å². The van der Waals surface area contributed by atoms with Gasteiger partial charge in [-0.3, -0.25) is 10.00 Å². The highest BCUT2D eigenvalue weighted by Crippen LogP contribution is 2.26. The van der Waals surface area contributed by atoms with E-state index in [2.05, 4.69) is 44.2 Å². The lowest BCUT2D eigenvalue weighted by Gasteiger charge is -2.35. The van der Waals surface area contributed by atoms with Crippen LogP contribution < -0.4 is 5.73 Å². The number of aromatic nitrogens is 4. The minimum Gasteiger partial charge on any atom is -0.383 e. The molecule has 1 aliphatic heterocycles. The van der Waals surface area contributed by atoms with Crippen molar-refractivity contribution >= 4 is 5.82 Å². The summed E-state index contributed by atoms with van der Waals surface area (Å²) in [7, 11) is 4.16. The molecule has 19 heavy (non-hydrogen) atoms. The zero-order chi connectivity index (χ0) is 13.4. The third-order valence-corrected chi connectivity index (χ3v) is 3.49. The zero-order valence-corrected chi connectivity index (χ0v) is 11.0. The summed E-state index contributed by atoms with van der Waals surface area (Å²) in [6.45, 7) is 2.92. The Morgan fingerprint density at radius 1 is 1.42 bits per heavy atom. The molecule has 0 bridgehead atoms. The number of piperazine rings is 1. The number of hydrogen-bond acceptors (Lipinski definition) is 7. The fourth-order valence-corrected chi connectivity index (χ4v) is 2.24. The number of nitrogens with one attached hydrogen (secondary N) is 1. The van der Waals surface area contributed by atoms with Crippen LogP contribution in [-0.2, 0) is 0 Å². The summed E-state index contributed by atoms with van der Waals surface area (Å²) in [5.41, 5.74) is 6.39. The molecule has 1 saturated heterocycles. The van der Waals surface area contributed by atoms with E-state index in [0.29, 0.717) is 23.1 Å². The number of anilines is 1. The summed E-state index contributed by atoms with van der Waals surface area (Å²) < 4.78 is 5.28. The molecule has 8 heteroatoms. The van der Waals surface area contributed by atoms with E-state index in [0.717, 1.165) is 19.6 Å². The van der Waals surface area contributed by atoms with Crippen LogP contribution in [0.15, 0.2) is 10.7 Å². The third kappa shape index (κ3) is 2.20. The normalized spacial score (nSPS) is 21.9. The molecule has 0 radical (unpaired) electrons. The van der Waals surface area contributed by atoms with Crippen molar-refractivity contribution in [3.05, 3.63) is 12.0 Å². The summed E-state index contributed by atoms with van der Waals surface area (Å²) >= 11 is 0. The second-order valence-corrected chi connectivity index (χ2v) is 4.91. The van der Waals surface area contributed by atoms with E-state index in [1.54, 1.807) is 6.20 Å². The largest absolute Gasteiger partial charge is 0.383 e. The number of rotatable bonds is 2. The van der Waals surface area contributed by atoms with Gasteiger partial charge in [0, 0.05) is 19.6 Å². The highest BCUT2D eigenvalue weighted by atomic mass is 16.5. The summed E-state index contributed by atoms with van der Waals surface area (Å²) in [4.78, 5) is 8.92. The molecule has 1 aliphatic rings. The first-order valence-corrected chi connectivity index (χ1v) is 6.16. The van der Waals surface area contributed by atoms with Crippen LogP contribution in [0.2, 0.25) is 0 Å². The Morgan fingerprint density at radius 3 is 3.00 bits per heavy atom. The molecule has 2 aromatic rings. The molecule has 0 amide bonds. The van der Waals surface area contributed by atoms with Crippen LogP contribution in [0.1, 0.15) is 11.9 Å². The van der Waals surface area contributed by atoms with Crippen molar-refractivity contribution in [2.45, 2.75) is 6.04 Å². The molecule has 0 spiro atoms. The Labute approximate surface area is 110 Å². The first-order chi connectivity index (χ1) is 9.15. The van der Waals surface area contributed by atoms with Crippen molar-refractivity contribution in [2.24, 2.45) is 0 Å². The molecule has 0 aromatic carbocycles. The first kappa shape index (κ1) is 12.1. The maximum absolute atomic E-state index is 5.75. The van der Waals surface area contributed by atoms with Crippen LogP contribution in [0.3, 0.4) is 0 Å². The molecule has 1 fully saturated rings. The van der Waals surface area contributed by atoms with Crippen molar-refractivity contribution in [3.8, 4) is 11.5 Å². The fourth-order valence-electron chi connectivity index (χ4n) is 2.24. The summed E-state index contributed by atoms with van der Waals surface area (Å²) in [5.74, 6) is 1.52. The molecule has 3 heterocycles. The van der Waals surface area contributed by atoms with Crippen molar-refractivity contribution < 1.29 is 4.52 Å². The topological polar surface area (TPSA) is 100 Å². The Balaban J connectivity index is 1.87. The van der Waals surface area contributed by atoms with Gasteiger partial charge in [-0.05, 0) is 14.1 Å². The number of H-pyrrole nitrogens is 1. The lowest BCUT2D eigenvalue weighted by Crippen LogP contribution is -2.45. The van der Waals surface area contributed by atoms with E-state index in [9.17, 15) is 0 Å². The lowest BCUT2D eigenvalue weighted by atomic mass is 10.2. The Bertz CT molecular complexity index is 563. The van der Waals surface area contributed by atoms with Crippen LogP contribution in [0.25, 0.3) is 11.5 Å².